The number of rotatable bonds is 4. The normalized spacial score (nSPS) is 11.3. The fourth-order valence-electron chi connectivity index (χ4n) is 2.18. The highest BCUT2D eigenvalue weighted by Gasteiger charge is 2.14. The van der Waals surface area contributed by atoms with Gasteiger partial charge in [-0.1, -0.05) is 30.7 Å². The largest absolute Gasteiger partial charge is 0.328 e. The van der Waals surface area contributed by atoms with Crippen LogP contribution in [0.2, 0.25) is 5.15 Å². The number of hydrogen-bond acceptors (Lipinski definition) is 4. The molecule has 19 heavy (non-hydrogen) atoms. The van der Waals surface area contributed by atoms with Crippen LogP contribution in [0.15, 0.2) is 24.3 Å². The van der Waals surface area contributed by atoms with E-state index in [1.807, 2.05) is 18.2 Å². The molecule has 3 aromatic rings. The van der Waals surface area contributed by atoms with Crippen molar-refractivity contribution in [2.45, 2.75) is 26.3 Å². The molecule has 0 atom stereocenters. The number of aromatic nitrogens is 4. The predicted molar refractivity (Wildman–Crippen MR) is 77.7 cm³/mol. The zero-order valence-corrected chi connectivity index (χ0v) is 12.1. The predicted octanol–water partition coefficient (Wildman–Crippen LogP) is 3.54. The summed E-state index contributed by atoms with van der Waals surface area (Å²) in [5.74, 6) is 0.998. The van der Waals surface area contributed by atoms with Crippen molar-refractivity contribution in [2.75, 3.05) is 0 Å². The molecule has 3 rings (SSSR count). The summed E-state index contributed by atoms with van der Waals surface area (Å²) in [4.78, 5) is 4.69. The standard InChI is InChI=1S/C13H13ClN4S/c1-2-7-18-11-6-4-3-5-9(11)15-12(18)8-10-13(14)17-19-16-10/h3-6H,2,7-8H2,1H3. The van der Waals surface area contributed by atoms with E-state index < -0.39 is 0 Å². The van der Waals surface area contributed by atoms with Gasteiger partial charge in [0.25, 0.3) is 0 Å². The Kier molecular flexibility index (Phi) is 3.48. The maximum atomic E-state index is 6.02. The third-order valence-corrected chi connectivity index (χ3v) is 3.99. The molecule has 0 aliphatic rings. The Morgan fingerprint density at radius 3 is 2.84 bits per heavy atom. The van der Waals surface area contributed by atoms with Gasteiger partial charge in [-0.2, -0.15) is 8.75 Å². The van der Waals surface area contributed by atoms with Gasteiger partial charge in [0.2, 0.25) is 0 Å². The van der Waals surface area contributed by atoms with E-state index in [0.717, 1.165) is 41.7 Å². The molecule has 2 aromatic heterocycles. The number of aryl methyl sites for hydroxylation is 1. The second-order valence-corrected chi connectivity index (χ2v) is 5.23. The average Bonchev–Trinajstić information content (AvgIpc) is 2.96. The van der Waals surface area contributed by atoms with Crippen LogP contribution in [0.3, 0.4) is 0 Å². The van der Waals surface area contributed by atoms with Crippen LogP contribution in [-0.4, -0.2) is 18.3 Å². The van der Waals surface area contributed by atoms with E-state index in [0.29, 0.717) is 11.6 Å². The summed E-state index contributed by atoms with van der Waals surface area (Å²) >= 11 is 7.16. The molecule has 0 spiro atoms. The van der Waals surface area contributed by atoms with Crippen LogP contribution in [0.25, 0.3) is 11.0 Å². The summed E-state index contributed by atoms with van der Waals surface area (Å²) in [5, 5.41) is 0.486. The van der Waals surface area contributed by atoms with Crippen LogP contribution in [0.4, 0.5) is 0 Å². The van der Waals surface area contributed by atoms with Crippen LogP contribution in [0.5, 0.6) is 0 Å². The topological polar surface area (TPSA) is 43.6 Å². The monoisotopic (exact) mass is 292 g/mol. The van der Waals surface area contributed by atoms with Gasteiger partial charge >= 0.3 is 0 Å². The minimum atomic E-state index is 0.486. The molecular weight excluding hydrogens is 280 g/mol. The summed E-state index contributed by atoms with van der Waals surface area (Å²) in [6.07, 6.45) is 1.69. The quantitative estimate of drug-likeness (QED) is 0.739. The highest BCUT2D eigenvalue weighted by atomic mass is 35.5. The zero-order chi connectivity index (χ0) is 13.2. The van der Waals surface area contributed by atoms with E-state index in [9.17, 15) is 0 Å². The second kappa shape index (κ2) is 5.27. The SMILES string of the molecule is CCCn1c(Cc2nsnc2Cl)nc2ccccc21. The average molecular weight is 293 g/mol. The Hall–Kier alpha value is -1.46. The second-order valence-electron chi connectivity index (χ2n) is 4.35. The molecular formula is C13H13ClN4S. The molecule has 2 heterocycles. The van der Waals surface area contributed by atoms with Gasteiger partial charge in [0.05, 0.1) is 29.2 Å². The first kappa shape index (κ1) is 12.6. The van der Waals surface area contributed by atoms with Gasteiger partial charge in [-0.15, -0.1) is 0 Å². The van der Waals surface area contributed by atoms with E-state index in [1.54, 1.807) is 0 Å². The maximum absolute atomic E-state index is 6.02. The maximum Gasteiger partial charge on any atom is 0.166 e. The van der Waals surface area contributed by atoms with E-state index in [4.69, 9.17) is 11.6 Å². The summed E-state index contributed by atoms with van der Waals surface area (Å²) in [7, 11) is 0. The number of para-hydroxylation sites is 2. The molecule has 0 N–H and O–H groups in total. The Balaban J connectivity index is 2.07. The van der Waals surface area contributed by atoms with Crippen LogP contribution < -0.4 is 0 Å². The molecule has 0 aliphatic carbocycles. The highest BCUT2D eigenvalue weighted by molar-refractivity contribution is 6.99. The molecule has 0 aliphatic heterocycles. The first-order valence-electron chi connectivity index (χ1n) is 6.20. The number of imidazole rings is 1. The van der Waals surface area contributed by atoms with Gasteiger partial charge < -0.3 is 4.57 Å². The molecule has 0 amide bonds. The minimum Gasteiger partial charge on any atom is -0.328 e. The Labute approximate surface area is 120 Å². The van der Waals surface area contributed by atoms with Gasteiger partial charge in [-0.25, -0.2) is 4.98 Å². The molecule has 0 bridgehead atoms. The van der Waals surface area contributed by atoms with Gasteiger partial charge in [0, 0.05) is 6.54 Å². The fourth-order valence-corrected chi connectivity index (χ4v) is 2.90. The van der Waals surface area contributed by atoms with Gasteiger partial charge in [-0.05, 0) is 18.6 Å². The van der Waals surface area contributed by atoms with Crippen molar-refractivity contribution in [3.05, 3.63) is 40.9 Å². The molecule has 0 saturated heterocycles. The number of benzene rings is 1. The molecule has 6 heteroatoms. The lowest BCUT2D eigenvalue weighted by Gasteiger charge is -2.06. The Morgan fingerprint density at radius 1 is 1.26 bits per heavy atom. The van der Waals surface area contributed by atoms with Crippen LogP contribution in [-0.2, 0) is 13.0 Å². The van der Waals surface area contributed by atoms with Crippen molar-refractivity contribution in [1.82, 2.24) is 18.3 Å². The van der Waals surface area contributed by atoms with Gasteiger partial charge in [0.15, 0.2) is 5.15 Å². The fraction of sp³-hybridized carbons (Fsp3) is 0.308. The number of hydrogen-bond donors (Lipinski definition) is 0. The van der Waals surface area contributed by atoms with Crippen molar-refractivity contribution in [1.29, 1.82) is 0 Å². The first-order chi connectivity index (χ1) is 9.29. The third kappa shape index (κ3) is 2.35. The minimum absolute atomic E-state index is 0.486. The highest BCUT2D eigenvalue weighted by Crippen LogP contribution is 2.21. The Morgan fingerprint density at radius 2 is 2.11 bits per heavy atom. The smallest absolute Gasteiger partial charge is 0.166 e. The first-order valence-corrected chi connectivity index (χ1v) is 7.31. The molecule has 98 valence electrons. The Bertz CT molecular complexity index is 704. The molecule has 0 unspecified atom stereocenters. The summed E-state index contributed by atoms with van der Waals surface area (Å²) in [6.45, 7) is 3.11. The summed E-state index contributed by atoms with van der Waals surface area (Å²) in [6, 6.07) is 8.18. The van der Waals surface area contributed by atoms with Crippen molar-refractivity contribution >= 4 is 34.4 Å². The van der Waals surface area contributed by atoms with Crippen LogP contribution in [0.1, 0.15) is 24.9 Å². The third-order valence-electron chi connectivity index (χ3n) is 3.02. The van der Waals surface area contributed by atoms with Crippen molar-refractivity contribution in [3.63, 3.8) is 0 Å². The molecule has 4 nitrogen and oxygen atoms in total. The van der Waals surface area contributed by atoms with Crippen molar-refractivity contribution < 1.29 is 0 Å². The molecule has 0 fully saturated rings. The van der Waals surface area contributed by atoms with Gasteiger partial charge in [0.1, 0.15) is 11.5 Å². The summed E-state index contributed by atoms with van der Waals surface area (Å²) in [5.41, 5.74) is 2.99. The molecule has 0 saturated carbocycles. The molecule has 0 radical (unpaired) electrons. The van der Waals surface area contributed by atoms with Crippen LogP contribution in [0, 0.1) is 0 Å². The van der Waals surface area contributed by atoms with E-state index in [1.165, 1.54) is 5.52 Å². The molecule has 1 aromatic carbocycles. The lowest BCUT2D eigenvalue weighted by atomic mass is 10.3. The van der Waals surface area contributed by atoms with Crippen molar-refractivity contribution in [2.24, 2.45) is 0 Å². The van der Waals surface area contributed by atoms with E-state index in [2.05, 4.69) is 31.3 Å². The number of nitrogens with zero attached hydrogens (tertiary/aromatic N) is 4. The van der Waals surface area contributed by atoms with E-state index in [-0.39, 0.29) is 0 Å². The van der Waals surface area contributed by atoms with E-state index >= 15 is 0 Å². The van der Waals surface area contributed by atoms with Crippen molar-refractivity contribution in [3.8, 4) is 0 Å². The lowest BCUT2D eigenvalue weighted by Crippen LogP contribution is -2.04. The number of fused-ring (bicyclic) bond motifs is 1. The van der Waals surface area contributed by atoms with Crippen LogP contribution >= 0.6 is 23.3 Å². The number of halogens is 1. The lowest BCUT2D eigenvalue weighted by molar-refractivity contribution is 0.663. The summed E-state index contributed by atoms with van der Waals surface area (Å²) < 4.78 is 10.5. The zero-order valence-electron chi connectivity index (χ0n) is 10.5. The van der Waals surface area contributed by atoms with Gasteiger partial charge in [-0.3, -0.25) is 0 Å².